The van der Waals surface area contributed by atoms with Gasteiger partial charge in [0.2, 0.25) is 0 Å². The number of rotatable bonds is 4. The summed E-state index contributed by atoms with van der Waals surface area (Å²) >= 11 is 3.40. The SMILES string of the molecule is COc1ccc(Br)c(COC(=O)c2ccc(N)cc2N)c1. The van der Waals surface area contributed by atoms with Crippen molar-refractivity contribution in [1.82, 2.24) is 0 Å². The quantitative estimate of drug-likeness (QED) is 0.653. The van der Waals surface area contributed by atoms with Gasteiger partial charge in [0.1, 0.15) is 12.4 Å². The molecule has 0 aliphatic carbocycles. The van der Waals surface area contributed by atoms with Crippen LogP contribution in [0.1, 0.15) is 15.9 Å². The van der Waals surface area contributed by atoms with E-state index in [9.17, 15) is 4.79 Å². The van der Waals surface area contributed by atoms with Crippen LogP contribution in [0.2, 0.25) is 0 Å². The minimum absolute atomic E-state index is 0.112. The number of ether oxygens (including phenoxy) is 2. The number of halogens is 1. The van der Waals surface area contributed by atoms with E-state index in [0.29, 0.717) is 22.7 Å². The average Bonchev–Trinajstić information content (AvgIpc) is 2.46. The molecule has 0 atom stereocenters. The summed E-state index contributed by atoms with van der Waals surface area (Å²) in [5.74, 6) is 0.193. The van der Waals surface area contributed by atoms with Gasteiger partial charge in [0.15, 0.2) is 0 Å². The predicted octanol–water partition coefficient (Wildman–Crippen LogP) is 2.98. The number of benzene rings is 2. The number of nitrogen functional groups attached to an aromatic ring is 2. The molecule has 0 aliphatic heterocycles. The standard InChI is InChI=1S/C15H15BrN2O3/c1-20-11-3-5-13(16)9(6-11)8-21-15(19)12-4-2-10(17)7-14(12)18/h2-7H,8,17-18H2,1H3. The van der Waals surface area contributed by atoms with E-state index >= 15 is 0 Å². The lowest BCUT2D eigenvalue weighted by molar-refractivity contribution is 0.0473. The fourth-order valence-electron chi connectivity index (χ4n) is 1.78. The molecular weight excluding hydrogens is 336 g/mol. The molecule has 0 fully saturated rings. The maximum absolute atomic E-state index is 12.0. The lowest BCUT2D eigenvalue weighted by atomic mass is 10.1. The Balaban J connectivity index is 2.10. The second-order valence-corrected chi connectivity index (χ2v) is 5.23. The number of anilines is 2. The van der Waals surface area contributed by atoms with E-state index in [1.54, 1.807) is 25.3 Å². The van der Waals surface area contributed by atoms with Crippen molar-refractivity contribution in [1.29, 1.82) is 0 Å². The van der Waals surface area contributed by atoms with Gasteiger partial charge in [0.25, 0.3) is 0 Å². The van der Waals surface area contributed by atoms with E-state index in [2.05, 4.69) is 15.9 Å². The van der Waals surface area contributed by atoms with Crippen LogP contribution >= 0.6 is 15.9 Å². The summed E-state index contributed by atoms with van der Waals surface area (Å²) in [6.45, 7) is 0.112. The summed E-state index contributed by atoms with van der Waals surface area (Å²) in [7, 11) is 1.58. The van der Waals surface area contributed by atoms with E-state index in [4.69, 9.17) is 20.9 Å². The highest BCUT2D eigenvalue weighted by Gasteiger charge is 2.12. The van der Waals surface area contributed by atoms with Gasteiger partial charge in [-0.1, -0.05) is 15.9 Å². The first kappa shape index (κ1) is 15.2. The minimum atomic E-state index is -0.498. The van der Waals surface area contributed by atoms with Crippen molar-refractivity contribution < 1.29 is 14.3 Å². The highest BCUT2D eigenvalue weighted by molar-refractivity contribution is 9.10. The van der Waals surface area contributed by atoms with Crippen molar-refractivity contribution in [3.05, 3.63) is 52.0 Å². The van der Waals surface area contributed by atoms with Crippen LogP contribution in [-0.4, -0.2) is 13.1 Å². The van der Waals surface area contributed by atoms with Crippen LogP contribution in [0.15, 0.2) is 40.9 Å². The average molecular weight is 351 g/mol. The highest BCUT2D eigenvalue weighted by atomic mass is 79.9. The number of esters is 1. The van der Waals surface area contributed by atoms with E-state index in [-0.39, 0.29) is 6.61 Å². The second kappa shape index (κ2) is 6.49. The highest BCUT2D eigenvalue weighted by Crippen LogP contribution is 2.24. The smallest absolute Gasteiger partial charge is 0.340 e. The van der Waals surface area contributed by atoms with Gasteiger partial charge in [0.05, 0.1) is 12.7 Å². The molecule has 0 saturated carbocycles. The molecule has 21 heavy (non-hydrogen) atoms. The molecule has 0 radical (unpaired) electrons. The third-order valence-corrected chi connectivity index (χ3v) is 3.68. The van der Waals surface area contributed by atoms with E-state index in [0.717, 1.165) is 10.0 Å². The Morgan fingerprint density at radius 1 is 1.19 bits per heavy atom. The van der Waals surface area contributed by atoms with Gasteiger partial charge in [-0.05, 0) is 36.4 Å². The lowest BCUT2D eigenvalue weighted by Crippen LogP contribution is -2.09. The van der Waals surface area contributed by atoms with E-state index in [1.165, 1.54) is 6.07 Å². The number of carbonyl (C=O) groups excluding carboxylic acids is 1. The second-order valence-electron chi connectivity index (χ2n) is 4.38. The van der Waals surface area contributed by atoms with Crippen LogP contribution in [0.5, 0.6) is 5.75 Å². The summed E-state index contributed by atoms with van der Waals surface area (Å²) in [4.78, 5) is 12.0. The number of hydrogen-bond donors (Lipinski definition) is 2. The third-order valence-electron chi connectivity index (χ3n) is 2.91. The molecule has 110 valence electrons. The maximum Gasteiger partial charge on any atom is 0.340 e. The number of nitrogens with two attached hydrogens (primary N) is 2. The number of methoxy groups -OCH3 is 1. The largest absolute Gasteiger partial charge is 0.497 e. The summed E-state index contributed by atoms with van der Waals surface area (Å²) in [6, 6.07) is 10.1. The predicted molar refractivity (Wildman–Crippen MR) is 85.1 cm³/mol. The van der Waals surface area contributed by atoms with Crippen molar-refractivity contribution in [2.24, 2.45) is 0 Å². The topological polar surface area (TPSA) is 87.6 Å². The summed E-state index contributed by atoms with van der Waals surface area (Å²) in [6.07, 6.45) is 0. The molecule has 0 saturated heterocycles. The van der Waals surface area contributed by atoms with E-state index < -0.39 is 5.97 Å². The molecule has 0 spiro atoms. The Kier molecular flexibility index (Phi) is 4.70. The molecule has 6 heteroatoms. The first-order valence-corrected chi connectivity index (χ1v) is 6.95. The normalized spacial score (nSPS) is 10.2. The molecule has 2 aromatic carbocycles. The molecule has 0 unspecified atom stereocenters. The Hall–Kier alpha value is -2.21. The first-order valence-electron chi connectivity index (χ1n) is 6.16. The molecule has 5 nitrogen and oxygen atoms in total. The molecule has 4 N–H and O–H groups in total. The molecule has 0 amide bonds. The fourth-order valence-corrected chi connectivity index (χ4v) is 2.14. The minimum Gasteiger partial charge on any atom is -0.497 e. The zero-order chi connectivity index (χ0) is 15.4. The van der Waals surface area contributed by atoms with Crippen molar-refractivity contribution >= 4 is 33.3 Å². The molecule has 0 aromatic heterocycles. The molecular formula is C15H15BrN2O3. The molecule has 0 heterocycles. The van der Waals surface area contributed by atoms with Gasteiger partial charge in [-0.25, -0.2) is 4.79 Å². The molecule has 2 aromatic rings. The van der Waals surface area contributed by atoms with Gasteiger partial charge in [0, 0.05) is 21.4 Å². The summed E-state index contributed by atoms with van der Waals surface area (Å²) in [5.41, 5.74) is 13.2. The third kappa shape index (κ3) is 3.66. The van der Waals surface area contributed by atoms with E-state index in [1.807, 2.05) is 12.1 Å². The van der Waals surface area contributed by atoms with Crippen LogP contribution in [0, 0.1) is 0 Å². The van der Waals surface area contributed by atoms with Crippen molar-refractivity contribution in [2.45, 2.75) is 6.61 Å². The lowest BCUT2D eigenvalue weighted by Gasteiger charge is -2.10. The van der Waals surface area contributed by atoms with Gasteiger partial charge in [-0.15, -0.1) is 0 Å². The fraction of sp³-hybridized carbons (Fsp3) is 0.133. The Labute approximate surface area is 131 Å². The zero-order valence-electron chi connectivity index (χ0n) is 11.4. The number of hydrogen-bond acceptors (Lipinski definition) is 5. The Bertz CT molecular complexity index is 674. The van der Waals surface area contributed by atoms with Crippen molar-refractivity contribution in [3.63, 3.8) is 0 Å². The van der Waals surface area contributed by atoms with Crippen LogP contribution in [0.3, 0.4) is 0 Å². The first-order chi connectivity index (χ1) is 10.0. The summed E-state index contributed by atoms with van der Waals surface area (Å²) in [5, 5.41) is 0. The maximum atomic E-state index is 12.0. The molecule has 0 aliphatic rings. The molecule has 2 rings (SSSR count). The Morgan fingerprint density at radius 3 is 2.62 bits per heavy atom. The monoisotopic (exact) mass is 350 g/mol. The van der Waals surface area contributed by atoms with Crippen molar-refractivity contribution in [3.8, 4) is 5.75 Å². The van der Waals surface area contributed by atoms with Gasteiger partial charge in [-0.3, -0.25) is 0 Å². The van der Waals surface area contributed by atoms with Crippen LogP contribution in [-0.2, 0) is 11.3 Å². The van der Waals surface area contributed by atoms with Crippen molar-refractivity contribution in [2.75, 3.05) is 18.6 Å². The zero-order valence-corrected chi connectivity index (χ0v) is 13.0. The van der Waals surface area contributed by atoms with Crippen LogP contribution in [0.4, 0.5) is 11.4 Å². The molecule has 0 bridgehead atoms. The van der Waals surface area contributed by atoms with Gasteiger partial charge in [-0.2, -0.15) is 0 Å². The Morgan fingerprint density at radius 2 is 1.95 bits per heavy atom. The van der Waals surface area contributed by atoms with Gasteiger partial charge < -0.3 is 20.9 Å². The van der Waals surface area contributed by atoms with Gasteiger partial charge >= 0.3 is 5.97 Å². The van der Waals surface area contributed by atoms with Crippen LogP contribution < -0.4 is 16.2 Å². The number of carbonyl (C=O) groups is 1. The summed E-state index contributed by atoms with van der Waals surface area (Å²) < 4.78 is 11.2. The van der Waals surface area contributed by atoms with Crippen LogP contribution in [0.25, 0.3) is 0 Å².